The van der Waals surface area contributed by atoms with Crippen molar-refractivity contribution in [3.63, 3.8) is 0 Å². The van der Waals surface area contributed by atoms with Crippen LogP contribution in [0.1, 0.15) is 159 Å². The van der Waals surface area contributed by atoms with E-state index in [2.05, 4.69) is 64.3 Å². The molecule has 0 bridgehead atoms. The molecule has 0 aromatic heterocycles. The molecule has 3 aromatic carbocycles. The lowest BCUT2D eigenvalue weighted by atomic mass is 9.77. The monoisotopic (exact) mass is 869 g/mol. The first kappa shape index (κ1) is 51.4. The first-order valence-electron chi connectivity index (χ1n) is 24.0. The molecule has 1 fully saturated rings. The molecule has 346 valence electrons. The van der Waals surface area contributed by atoms with Crippen LogP contribution in [-0.2, 0) is 38.3 Å². The SMILES string of the molecule is C=C(C)C(=O)OCCCc1cc(-c2ccc(-c3ccc(C4CCC(CCCCC)CC4)cc3F)cc2CC)cc(CCCOC(=O)C(=C)C)c1OCCC(CO)(CO)CCCCC. The molecule has 1 aliphatic carbocycles. The van der Waals surface area contributed by atoms with Crippen molar-refractivity contribution in [2.45, 2.75) is 156 Å². The van der Waals surface area contributed by atoms with E-state index in [0.717, 1.165) is 83.4 Å². The van der Waals surface area contributed by atoms with E-state index in [1.807, 2.05) is 12.1 Å². The highest BCUT2D eigenvalue weighted by atomic mass is 19.1. The van der Waals surface area contributed by atoms with Crippen molar-refractivity contribution >= 4 is 11.9 Å². The van der Waals surface area contributed by atoms with Gasteiger partial charge in [-0.2, -0.15) is 0 Å². The van der Waals surface area contributed by atoms with Gasteiger partial charge >= 0.3 is 11.9 Å². The molecule has 63 heavy (non-hydrogen) atoms. The van der Waals surface area contributed by atoms with Gasteiger partial charge < -0.3 is 24.4 Å². The largest absolute Gasteiger partial charge is 0.493 e. The normalized spacial score (nSPS) is 15.2. The predicted octanol–water partition coefficient (Wildman–Crippen LogP) is 13.0. The van der Waals surface area contributed by atoms with E-state index < -0.39 is 17.4 Å². The number of hydrogen-bond donors (Lipinski definition) is 2. The Balaban J connectivity index is 1.68. The molecule has 2 N–H and O–H groups in total. The number of unbranched alkanes of at least 4 members (excludes halogenated alkanes) is 4. The summed E-state index contributed by atoms with van der Waals surface area (Å²) in [5, 5.41) is 20.9. The van der Waals surface area contributed by atoms with Gasteiger partial charge in [0.15, 0.2) is 0 Å². The van der Waals surface area contributed by atoms with Gasteiger partial charge in [-0.3, -0.25) is 0 Å². The van der Waals surface area contributed by atoms with Gasteiger partial charge in [-0.25, -0.2) is 14.0 Å². The van der Waals surface area contributed by atoms with Gasteiger partial charge in [0, 0.05) is 22.1 Å². The minimum absolute atomic E-state index is 0.138. The Labute approximate surface area is 378 Å². The van der Waals surface area contributed by atoms with Crippen molar-refractivity contribution < 1.29 is 38.4 Å². The molecule has 3 aromatic rings. The average Bonchev–Trinajstić information content (AvgIpc) is 3.29. The number of halogens is 1. The maximum absolute atomic E-state index is 16.1. The quantitative estimate of drug-likeness (QED) is 0.0426. The zero-order valence-electron chi connectivity index (χ0n) is 39.3. The number of benzene rings is 3. The van der Waals surface area contributed by atoms with Crippen molar-refractivity contribution in [1.29, 1.82) is 0 Å². The maximum Gasteiger partial charge on any atom is 0.333 e. The van der Waals surface area contributed by atoms with Gasteiger partial charge in [-0.1, -0.05) is 109 Å². The van der Waals surface area contributed by atoms with E-state index in [0.29, 0.717) is 66.9 Å². The summed E-state index contributed by atoms with van der Waals surface area (Å²) < 4.78 is 33.7. The summed E-state index contributed by atoms with van der Waals surface area (Å²) in [4.78, 5) is 24.5. The number of ether oxygens (including phenoxy) is 3. The van der Waals surface area contributed by atoms with Gasteiger partial charge in [0.1, 0.15) is 11.6 Å². The summed E-state index contributed by atoms with van der Waals surface area (Å²) in [6.07, 6.45) is 16.9. The number of esters is 2. The van der Waals surface area contributed by atoms with E-state index >= 15 is 4.39 Å². The van der Waals surface area contributed by atoms with Crippen LogP contribution >= 0.6 is 0 Å². The smallest absolute Gasteiger partial charge is 0.333 e. The summed E-state index contributed by atoms with van der Waals surface area (Å²) >= 11 is 0. The van der Waals surface area contributed by atoms with E-state index in [9.17, 15) is 19.8 Å². The van der Waals surface area contributed by atoms with Crippen LogP contribution in [0.2, 0.25) is 0 Å². The van der Waals surface area contributed by atoms with E-state index in [1.54, 1.807) is 19.9 Å². The molecule has 7 nitrogen and oxygen atoms in total. The van der Waals surface area contributed by atoms with E-state index in [4.69, 9.17) is 14.2 Å². The van der Waals surface area contributed by atoms with Crippen LogP contribution in [0, 0.1) is 17.2 Å². The molecule has 0 saturated heterocycles. The van der Waals surface area contributed by atoms with Crippen LogP contribution in [0.5, 0.6) is 5.75 Å². The summed E-state index contributed by atoms with van der Waals surface area (Å²) in [5.41, 5.74) is 7.52. The third-order valence-electron chi connectivity index (χ3n) is 13.1. The molecular weight excluding hydrogens is 792 g/mol. The number of carbonyl (C=O) groups excluding carboxylic acids is 2. The third kappa shape index (κ3) is 15.4. The number of rotatable bonds is 28. The van der Waals surface area contributed by atoms with Crippen molar-refractivity contribution in [2.75, 3.05) is 33.0 Å². The van der Waals surface area contributed by atoms with Crippen molar-refractivity contribution in [2.24, 2.45) is 11.3 Å². The van der Waals surface area contributed by atoms with E-state index in [-0.39, 0.29) is 38.9 Å². The number of carbonyl (C=O) groups is 2. The molecule has 4 rings (SSSR count). The van der Waals surface area contributed by atoms with Crippen LogP contribution in [0.4, 0.5) is 4.39 Å². The fourth-order valence-corrected chi connectivity index (χ4v) is 9.00. The molecule has 8 heteroatoms. The lowest BCUT2D eigenvalue weighted by Crippen LogP contribution is -2.32. The Morgan fingerprint density at radius 3 is 1.79 bits per heavy atom. The first-order valence-corrected chi connectivity index (χ1v) is 24.0. The highest BCUT2D eigenvalue weighted by Gasteiger charge is 2.29. The molecular formula is C55H77FO7. The van der Waals surface area contributed by atoms with Gasteiger partial charge in [0.2, 0.25) is 0 Å². The molecule has 1 saturated carbocycles. The molecule has 0 aliphatic heterocycles. The fourth-order valence-electron chi connectivity index (χ4n) is 9.00. The van der Waals surface area contributed by atoms with Crippen LogP contribution in [0.15, 0.2) is 72.8 Å². The van der Waals surface area contributed by atoms with E-state index in [1.165, 1.54) is 38.5 Å². The second kappa shape index (κ2) is 26.5. The second-order valence-electron chi connectivity index (χ2n) is 18.2. The Morgan fingerprint density at radius 2 is 1.25 bits per heavy atom. The Bertz CT molecular complexity index is 1880. The zero-order chi connectivity index (χ0) is 45.8. The number of hydrogen-bond acceptors (Lipinski definition) is 7. The molecule has 0 radical (unpaired) electrons. The van der Waals surface area contributed by atoms with Crippen molar-refractivity contribution in [3.05, 3.63) is 101 Å². The molecule has 0 unspecified atom stereocenters. The standard InChI is InChI=1S/C55H77FO7/c1-8-11-13-17-41-20-22-43(23-21-41)44-24-27-50(51(56)36-44)45-25-26-49(42(10-3)33-45)48-34-46(18-15-30-62-53(59)39(4)5)52(47(35-48)19-16-31-63-54(60)40(6)7)61-32-29-55(37-57,38-58)28-14-12-9-2/h24-27,33-36,41,43,57-58H,4,6,8-23,28-32,37-38H2,1-3,5,7H3. The lowest BCUT2D eigenvalue weighted by Gasteiger charge is -2.30. The van der Waals surface area contributed by atoms with Crippen molar-refractivity contribution in [3.8, 4) is 28.0 Å². The lowest BCUT2D eigenvalue weighted by molar-refractivity contribution is -0.139. The Kier molecular flexibility index (Phi) is 21.6. The Morgan fingerprint density at radius 1 is 0.683 bits per heavy atom. The fraction of sp³-hybridized carbons (Fsp3) is 0.564. The Hall–Kier alpha value is -4.27. The molecule has 0 atom stereocenters. The third-order valence-corrected chi connectivity index (χ3v) is 13.1. The van der Waals surface area contributed by atoms with Crippen LogP contribution in [-0.4, -0.2) is 55.2 Å². The molecule has 1 aliphatic rings. The summed E-state index contributed by atoms with van der Waals surface area (Å²) in [6, 6.07) is 16.3. The van der Waals surface area contributed by atoms with Gasteiger partial charge in [-0.15, -0.1) is 0 Å². The van der Waals surface area contributed by atoms with Crippen LogP contribution < -0.4 is 4.74 Å². The first-order chi connectivity index (χ1) is 30.4. The zero-order valence-corrected chi connectivity index (χ0v) is 39.3. The van der Waals surface area contributed by atoms with Crippen molar-refractivity contribution in [1.82, 2.24) is 0 Å². The highest BCUT2D eigenvalue weighted by molar-refractivity contribution is 5.87. The maximum atomic E-state index is 16.1. The summed E-state index contributed by atoms with van der Waals surface area (Å²) in [5.74, 6) is 0.870. The average molecular weight is 869 g/mol. The number of aryl methyl sites for hydroxylation is 3. The minimum atomic E-state index is -0.659. The van der Waals surface area contributed by atoms with Crippen LogP contribution in [0.25, 0.3) is 22.3 Å². The summed E-state index contributed by atoms with van der Waals surface area (Å²) in [7, 11) is 0. The number of aliphatic hydroxyl groups excluding tert-OH is 2. The number of aliphatic hydroxyl groups is 2. The topological polar surface area (TPSA) is 102 Å². The highest BCUT2D eigenvalue weighted by Crippen LogP contribution is 2.41. The molecule has 0 amide bonds. The predicted molar refractivity (Wildman–Crippen MR) is 255 cm³/mol. The van der Waals surface area contributed by atoms with Gasteiger partial charge in [0.05, 0.1) is 33.0 Å². The molecule has 0 spiro atoms. The van der Waals surface area contributed by atoms with Gasteiger partial charge in [-0.05, 0) is 153 Å². The molecule has 0 heterocycles. The van der Waals surface area contributed by atoms with Gasteiger partial charge in [0.25, 0.3) is 0 Å². The summed E-state index contributed by atoms with van der Waals surface area (Å²) in [6.45, 7) is 17.6. The van der Waals surface area contributed by atoms with Crippen LogP contribution in [0.3, 0.4) is 0 Å². The minimum Gasteiger partial charge on any atom is -0.493 e. The second-order valence-corrected chi connectivity index (χ2v) is 18.2.